The van der Waals surface area contributed by atoms with E-state index in [1.807, 2.05) is 48.5 Å². The van der Waals surface area contributed by atoms with Gasteiger partial charge in [-0.25, -0.2) is 4.68 Å². The average molecular weight is 379 g/mol. The maximum Gasteiger partial charge on any atom is 0.225 e. The van der Waals surface area contributed by atoms with E-state index in [0.717, 1.165) is 29.8 Å². The first-order valence-corrected chi connectivity index (χ1v) is 10.5. The first-order valence-electron chi connectivity index (χ1n) is 9.05. The molecule has 4 rings (SSSR count). The van der Waals surface area contributed by atoms with Crippen LogP contribution in [0.3, 0.4) is 0 Å². The number of aromatic nitrogens is 2. The summed E-state index contributed by atoms with van der Waals surface area (Å²) in [6.45, 7) is 0. The van der Waals surface area contributed by atoms with E-state index in [4.69, 9.17) is 0 Å². The first kappa shape index (κ1) is 17.7. The quantitative estimate of drug-likeness (QED) is 0.712. The fraction of sp³-hybridized carbons (Fsp3) is 0.238. The normalized spacial score (nSPS) is 15.5. The van der Waals surface area contributed by atoms with Gasteiger partial charge in [0.2, 0.25) is 5.91 Å². The number of carbonyl (C=O) groups excluding carboxylic acids is 1. The highest BCUT2D eigenvalue weighted by molar-refractivity contribution is 7.83. The molecule has 0 saturated carbocycles. The highest BCUT2D eigenvalue weighted by Gasteiger charge is 2.28. The molecule has 0 aliphatic carbocycles. The number of hydrogen-bond acceptors (Lipinski definition) is 3. The van der Waals surface area contributed by atoms with Crippen molar-refractivity contribution in [3.63, 3.8) is 0 Å². The van der Waals surface area contributed by atoms with Gasteiger partial charge in [0.25, 0.3) is 0 Å². The van der Waals surface area contributed by atoms with Crippen LogP contribution < -0.4 is 5.32 Å². The molecule has 1 aromatic heterocycles. The smallest absolute Gasteiger partial charge is 0.225 e. The molecule has 6 heteroatoms. The van der Waals surface area contributed by atoms with Crippen molar-refractivity contribution in [3.05, 3.63) is 77.5 Å². The molecule has 1 N–H and O–H groups in total. The molecular weight excluding hydrogens is 358 g/mol. The summed E-state index contributed by atoms with van der Waals surface area (Å²) in [6.07, 6.45) is 2.09. The Morgan fingerprint density at radius 1 is 1.04 bits per heavy atom. The standard InChI is InChI=1S/C21H21N3O2S/c25-20(13-7-10-16-8-3-1-4-9-16)22-21-18-14-27(26)15-19(18)23-24(21)17-11-5-2-6-12-17/h1-6,8-9,11-12H,7,10,13-15H2,(H,22,25)/t27-/m1/s1. The van der Waals surface area contributed by atoms with Gasteiger partial charge in [-0.15, -0.1) is 0 Å². The van der Waals surface area contributed by atoms with E-state index >= 15 is 0 Å². The maximum absolute atomic E-state index is 12.5. The van der Waals surface area contributed by atoms with Crippen LogP contribution in [0.1, 0.15) is 29.7 Å². The van der Waals surface area contributed by atoms with Crippen LogP contribution in [0.2, 0.25) is 0 Å². The van der Waals surface area contributed by atoms with Crippen molar-refractivity contribution in [3.8, 4) is 5.69 Å². The Labute approximate surface area is 160 Å². The Balaban J connectivity index is 1.49. The van der Waals surface area contributed by atoms with E-state index in [1.165, 1.54) is 5.56 Å². The van der Waals surface area contributed by atoms with Crippen LogP contribution in [0.25, 0.3) is 5.69 Å². The molecule has 1 aliphatic heterocycles. The lowest BCUT2D eigenvalue weighted by Crippen LogP contribution is -2.16. The zero-order valence-corrected chi connectivity index (χ0v) is 15.7. The minimum atomic E-state index is -0.935. The van der Waals surface area contributed by atoms with Gasteiger partial charge < -0.3 is 5.32 Å². The maximum atomic E-state index is 12.5. The molecule has 5 nitrogen and oxygen atoms in total. The Morgan fingerprint density at radius 2 is 1.74 bits per heavy atom. The second-order valence-corrected chi connectivity index (χ2v) is 8.09. The van der Waals surface area contributed by atoms with Crippen molar-refractivity contribution in [1.82, 2.24) is 9.78 Å². The van der Waals surface area contributed by atoms with E-state index in [2.05, 4.69) is 22.5 Å². The number of hydrogen-bond donors (Lipinski definition) is 1. The van der Waals surface area contributed by atoms with Gasteiger partial charge in [0.1, 0.15) is 5.82 Å². The van der Waals surface area contributed by atoms with Crippen molar-refractivity contribution in [2.75, 3.05) is 5.32 Å². The summed E-state index contributed by atoms with van der Waals surface area (Å²) >= 11 is 0. The fourth-order valence-corrected chi connectivity index (χ4v) is 4.57. The molecule has 0 radical (unpaired) electrons. The number of nitrogens with zero attached hydrogens (tertiary/aromatic N) is 2. The van der Waals surface area contributed by atoms with Gasteiger partial charge in [-0.2, -0.15) is 5.10 Å². The molecule has 0 unspecified atom stereocenters. The predicted molar refractivity (Wildman–Crippen MR) is 107 cm³/mol. The van der Waals surface area contributed by atoms with E-state index in [0.29, 0.717) is 23.7 Å². The van der Waals surface area contributed by atoms with Gasteiger partial charge in [0.05, 0.1) is 22.9 Å². The zero-order chi connectivity index (χ0) is 18.6. The Morgan fingerprint density at radius 3 is 2.48 bits per heavy atom. The summed E-state index contributed by atoms with van der Waals surface area (Å²) < 4.78 is 13.7. The third-order valence-electron chi connectivity index (χ3n) is 4.64. The lowest BCUT2D eigenvalue weighted by molar-refractivity contribution is -0.116. The Bertz CT molecular complexity index is 968. The monoisotopic (exact) mass is 379 g/mol. The number of benzene rings is 2. The molecule has 138 valence electrons. The third kappa shape index (κ3) is 4.01. The molecule has 0 bridgehead atoms. The number of carbonyl (C=O) groups is 1. The van der Waals surface area contributed by atoms with Crippen molar-refractivity contribution in [1.29, 1.82) is 0 Å². The summed E-state index contributed by atoms with van der Waals surface area (Å²) in [5.74, 6) is 1.52. The number of anilines is 1. The van der Waals surface area contributed by atoms with Crippen LogP contribution in [0.5, 0.6) is 0 Å². The van der Waals surface area contributed by atoms with Crippen molar-refractivity contribution < 1.29 is 9.00 Å². The largest absolute Gasteiger partial charge is 0.310 e. The van der Waals surface area contributed by atoms with Crippen molar-refractivity contribution in [2.24, 2.45) is 0 Å². The molecule has 1 aliphatic rings. The average Bonchev–Trinajstić information content (AvgIpc) is 3.20. The minimum absolute atomic E-state index is 0.0384. The molecule has 1 amide bonds. The fourth-order valence-electron chi connectivity index (χ4n) is 3.30. The van der Waals surface area contributed by atoms with Gasteiger partial charge in [-0.1, -0.05) is 48.5 Å². The van der Waals surface area contributed by atoms with Gasteiger partial charge >= 0.3 is 0 Å². The van der Waals surface area contributed by atoms with Gasteiger partial charge in [-0.05, 0) is 30.5 Å². The summed E-state index contributed by atoms with van der Waals surface area (Å²) in [4.78, 5) is 12.5. The number of nitrogens with one attached hydrogen (secondary N) is 1. The molecule has 0 spiro atoms. The van der Waals surface area contributed by atoms with E-state index < -0.39 is 10.8 Å². The second kappa shape index (κ2) is 7.88. The number of fused-ring (bicyclic) bond motifs is 1. The van der Waals surface area contributed by atoms with Gasteiger partial charge in [0, 0.05) is 22.8 Å². The van der Waals surface area contributed by atoms with Gasteiger partial charge in [0.15, 0.2) is 0 Å². The summed E-state index contributed by atoms with van der Waals surface area (Å²) in [6, 6.07) is 19.9. The van der Waals surface area contributed by atoms with Crippen LogP contribution in [0, 0.1) is 0 Å². The summed E-state index contributed by atoms with van der Waals surface area (Å²) in [7, 11) is -0.935. The molecule has 3 aromatic rings. The van der Waals surface area contributed by atoms with Crippen LogP contribution in [-0.2, 0) is 33.5 Å². The Hall–Kier alpha value is -2.73. The highest BCUT2D eigenvalue weighted by atomic mass is 32.2. The SMILES string of the molecule is O=C(CCCc1ccccc1)Nc1c2c(nn1-c1ccccc1)C[S@](=O)C2. The van der Waals surface area contributed by atoms with Crippen LogP contribution in [-0.4, -0.2) is 19.9 Å². The Kier molecular flexibility index (Phi) is 5.16. The lowest BCUT2D eigenvalue weighted by atomic mass is 10.1. The number of aryl methyl sites for hydroxylation is 1. The first-order chi connectivity index (χ1) is 13.2. The molecule has 2 aromatic carbocycles. The summed E-state index contributed by atoms with van der Waals surface area (Å²) in [5, 5.41) is 7.62. The molecule has 2 heterocycles. The van der Waals surface area contributed by atoms with E-state index in [9.17, 15) is 9.00 Å². The van der Waals surface area contributed by atoms with Crippen LogP contribution in [0.15, 0.2) is 60.7 Å². The lowest BCUT2D eigenvalue weighted by Gasteiger charge is -2.11. The molecular formula is C21H21N3O2S. The van der Waals surface area contributed by atoms with Crippen molar-refractivity contribution in [2.45, 2.75) is 30.8 Å². The van der Waals surface area contributed by atoms with E-state index in [-0.39, 0.29) is 5.91 Å². The van der Waals surface area contributed by atoms with E-state index in [1.54, 1.807) is 4.68 Å². The molecule has 1 atom stereocenters. The number of rotatable bonds is 6. The minimum Gasteiger partial charge on any atom is -0.310 e. The third-order valence-corrected chi connectivity index (χ3v) is 5.85. The number of para-hydroxylation sites is 1. The second-order valence-electron chi connectivity index (χ2n) is 6.64. The van der Waals surface area contributed by atoms with Crippen LogP contribution >= 0.6 is 0 Å². The summed E-state index contributed by atoms with van der Waals surface area (Å²) in [5.41, 5.74) is 3.83. The topological polar surface area (TPSA) is 64.0 Å². The predicted octanol–water partition coefficient (Wildman–Crippen LogP) is 3.60. The zero-order valence-electron chi connectivity index (χ0n) is 14.9. The van der Waals surface area contributed by atoms with Crippen LogP contribution in [0.4, 0.5) is 5.82 Å². The van der Waals surface area contributed by atoms with Crippen molar-refractivity contribution >= 4 is 22.5 Å². The van der Waals surface area contributed by atoms with Gasteiger partial charge in [-0.3, -0.25) is 9.00 Å². The highest BCUT2D eigenvalue weighted by Crippen LogP contribution is 2.31. The molecule has 0 saturated heterocycles. The number of amides is 1. The molecule has 27 heavy (non-hydrogen) atoms. The molecule has 0 fully saturated rings.